The normalized spacial score (nSPS) is 15.2. The van der Waals surface area contributed by atoms with Gasteiger partial charge in [0.05, 0.1) is 0 Å². The summed E-state index contributed by atoms with van der Waals surface area (Å²) in [5.74, 6) is -0.291. The third-order valence-corrected chi connectivity index (χ3v) is 1.68. The van der Waals surface area contributed by atoms with Crippen LogP contribution in [0.2, 0.25) is 0 Å². The monoisotopic (exact) mass is 140 g/mol. The summed E-state index contributed by atoms with van der Waals surface area (Å²) in [6, 6.07) is 0. The van der Waals surface area contributed by atoms with Gasteiger partial charge >= 0.3 is 0 Å². The van der Waals surface area contributed by atoms with E-state index in [9.17, 15) is 9.90 Å². The number of ketones is 1. The Morgan fingerprint density at radius 1 is 1.60 bits per heavy atom. The Kier molecular flexibility index (Phi) is 2.58. The highest BCUT2D eigenvalue weighted by molar-refractivity contribution is 5.87. The standard InChI is InChI=1S/C8H12O2/c1-5-6(2)8(4,10)7(3)9/h10H,1H2,2-4H3/t8-/m1/s1. The van der Waals surface area contributed by atoms with Crippen molar-refractivity contribution in [1.82, 2.24) is 0 Å². The molecule has 0 aromatic rings. The van der Waals surface area contributed by atoms with Crippen LogP contribution in [0.1, 0.15) is 20.8 Å². The Bertz CT molecular complexity index is 195. The SMILES string of the molecule is C=C=C(C)[C@@](C)(O)C(C)=O. The fraction of sp³-hybridized carbons (Fsp3) is 0.500. The molecular formula is C8H12O2. The van der Waals surface area contributed by atoms with Gasteiger partial charge in [-0.25, -0.2) is 0 Å². The van der Waals surface area contributed by atoms with Gasteiger partial charge in [0.1, 0.15) is 5.60 Å². The van der Waals surface area contributed by atoms with E-state index in [1.165, 1.54) is 13.8 Å². The van der Waals surface area contributed by atoms with Crippen LogP contribution in [0, 0.1) is 0 Å². The molecule has 0 saturated heterocycles. The van der Waals surface area contributed by atoms with Crippen LogP contribution >= 0.6 is 0 Å². The van der Waals surface area contributed by atoms with Crippen LogP contribution < -0.4 is 0 Å². The summed E-state index contributed by atoms with van der Waals surface area (Å²) in [6.45, 7) is 7.72. The second-order valence-corrected chi connectivity index (χ2v) is 2.43. The van der Waals surface area contributed by atoms with Gasteiger partial charge in [-0.15, -0.1) is 5.73 Å². The summed E-state index contributed by atoms with van der Waals surface area (Å²) in [5.41, 5.74) is 1.55. The first-order valence-corrected chi connectivity index (χ1v) is 3.03. The third kappa shape index (κ3) is 1.56. The molecule has 2 nitrogen and oxygen atoms in total. The molecule has 0 aromatic heterocycles. The Labute approximate surface area is 60.9 Å². The van der Waals surface area contributed by atoms with Gasteiger partial charge in [-0.1, -0.05) is 6.58 Å². The van der Waals surface area contributed by atoms with Gasteiger partial charge < -0.3 is 5.11 Å². The molecule has 1 atom stereocenters. The molecule has 1 N–H and O–H groups in total. The van der Waals surface area contributed by atoms with Crippen LogP contribution in [0.4, 0.5) is 0 Å². The smallest absolute Gasteiger partial charge is 0.165 e. The average molecular weight is 140 g/mol. The van der Waals surface area contributed by atoms with Gasteiger partial charge in [-0.3, -0.25) is 4.79 Å². The molecule has 0 bridgehead atoms. The van der Waals surface area contributed by atoms with Crippen LogP contribution in [-0.4, -0.2) is 16.5 Å². The minimum absolute atomic E-state index is 0.291. The van der Waals surface area contributed by atoms with Crippen LogP contribution in [-0.2, 0) is 4.79 Å². The first kappa shape index (κ1) is 9.15. The molecule has 0 unspecified atom stereocenters. The zero-order valence-corrected chi connectivity index (χ0v) is 6.56. The van der Waals surface area contributed by atoms with E-state index in [1.54, 1.807) is 6.92 Å². The fourth-order valence-corrected chi connectivity index (χ4v) is 0.436. The van der Waals surface area contributed by atoms with E-state index in [0.717, 1.165) is 0 Å². The van der Waals surface area contributed by atoms with E-state index in [0.29, 0.717) is 5.57 Å². The van der Waals surface area contributed by atoms with Crippen molar-refractivity contribution in [2.45, 2.75) is 26.4 Å². The largest absolute Gasteiger partial charge is 0.377 e. The van der Waals surface area contributed by atoms with Gasteiger partial charge in [-0.2, -0.15) is 0 Å². The van der Waals surface area contributed by atoms with Gasteiger partial charge in [-0.05, 0) is 20.8 Å². The zero-order chi connectivity index (χ0) is 8.36. The fourth-order valence-electron chi connectivity index (χ4n) is 0.436. The highest BCUT2D eigenvalue weighted by Crippen LogP contribution is 2.14. The lowest BCUT2D eigenvalue weighted by molar-refractivity contribution is -0.130. The first-order chi connectivity index (χ1) is 4.42. The van der Waals surface area contributed by atoms with Gasteiger partial charge in [0.25, 0.3) is 0 Å². The number of rotatable bonds is 2. The van der Waals surface area contributed by atoms with Crippen molar-refractivity contribution >= 4 is 5.78 Å². The average Bonchev–Trinajstić information content (AvgIpc) is 1.86. The predicted octanol–water partition coefficient (Wildman–Crippen LogP) is 1.06. The Balaban J connectivity index is 4.74. The van der Waals surface area contributed by atoms with Gasteiger partial charge in [0.2, 0.25) is 0 Å². The van der Waals surface area contributed by atoms with Gasteiger partial charge in [0, 0.05) is 5.57 Å². The molecule has 2 heteroatoms. The minimum atomic E-state index is -1.39. The van der Waals surface area contributed by atoms with Crippen LogP contribution in [0.5, 0.6) is 0 Å². The molecule has 0 radical (unpaired) electrons. The van der Waals surface area contributed by atoms with Crippen LogP contribution in [0.3, 0.4) is 0 Å². The summed E-state index contributed by atoms with van der Waals surface area (Å²) in [4.78, 5) is 10.7. The molecule has 0 aliphatic rings. The zero-order valence-electron chi connectivity index (χ0n) is 6.56. The lowest BCUT2D eigenvalue weighted by Gasteiger charge is -2.18. The Morgan fingerprint density at radius 2 is 2.00 bits per heavy atom. The summed E-state index contributed by atoms with van der Waals surface area (Å²) >= 11 is 0. The van der Waals surface area contributed by atoms with E-state index >= 15 is 0 Å². The van der Waals surface area contributed by atoms with Crippen molar-refractivity contribution in [2.24, 2.45) is 0 Å². The molecule has 0 aromatic carbocycles. The number of carbonyl (C=O) groups is 1. The van der Waals surface area contributed by atoms with Crippen LogP contribution in [0.15, 0.2) is 17.9 Å². The topological polar surface area (TPSA) is 37.3 Å². The van der Waals surface area contributed by atoms with E-state index in [2.05, 4.69) is 12.3 Å². The number of aliphatic hydroxyl groups is 1. The summed E-state index contributed by atoms with van der Waals surface area (Å²) in [6.07, 6.45) is 0. The van der Waals surface area contributed by atoms with Crippen molar-refractivity contribution in [3.8, 4) is 0 Å². The van der Waals surface area contributed by atoms with Gasteiger partial charge in [0.15, 0.2) is 5.78 Å². The number of carbonyl (C=O) groups excluding carboxylic acids is 1. The molecule has 0 rings (SSSR count). The summed E-state index contributed by atoms with van der Waals surface area (Å²) in [7, 11) is 0. The minimum Gasteiger partial charge on any atom is -0.377 e. The molecule has 0 aliphatic heterocycles. The lowest BCUT2D eigenvalue weighted by Crippen LogP contribution is -2.33. The second-order valence-electron chi connectivity index (χ2n) is 2.43. The van der Waals surface area contributed by atoms with Crippen LogP contribution in [0.25, 0.3) is 0 Å². The Hall–Kier alpha value is -0.850. The van der Waals surface area contributed by atoms with Crippen molar-refractivity contribution in [1.29, 1.82) is 0 Å². The van der Waals surface area contributed by atoms with Crippen molar-refractivity contribution in [3.63, 3.8) is 0 Å². The summed E-state index contributed by atoms with van der Waals surface area (Å²) in [5, 5.41) is 9.37. The lowest BCUT2D eigenvalue weighted by atomic mass is 9.94. The molecule has 0 saturated carbocycles. The molecular weight excluding hydrogens is 128 g/mol. The molecule has 0 fully saturated rings. The van der Waals surface area contributed by atoms with Crippen molar-refractivity contribution in [3.05, 3.63) is 17.9 Å². The number of hydrogen-bond acceptors (Lipinski definition) is 2. The molecule has 0 aliphatic carbocycles. The maximum atomic E-state index is 10.7. The molecule has 0 heterocycles. The molecule has 56 valence electrons. The highest BCUT2D eigenvalue weighted by atomic mass is 16.3. The van der Waals surface area contributed by atoms with E-state index < -0.39 is 5.60 Å². The predicted molar refractivity (Wildman–Crippen MR) is 39.6 cm³/mol. The van der Waals surface area contributed by atoms with E-state index in [4.69, 9.17) is 0 Å². The highest BCUT2D eigenvalue weighted by Gasteiger charge is 2.27. The second kappa shape index (κ2) is 2.82. The summed E-state index contributed by atoms with van der Waals surface area (Å²) < 4.78 is 0. The first-order valence-electron chi connectivity index (χ1n) is 3.03. The molecule has 0 spiro atoms. The molecule has 0 amide bonds. The molecule has 10 heavy (non-hydrogen) atoms. The maximum Gasteiger partial charge on any atom is 0.165 e. The van der Waals surface area contributed by atoms with Crippen molar-refractivity contribution in [2.75, 3.05) is 0 Å². The number of hydrogen-bond donors (Lipinski definition) is 1. The maximum absolute atomic E-state index is 10.7. The van der Waals surface area contributed by atoms with E-state index in [-0.39, 0.29) is 5.78 Å². The Morgan fingerprint density at radius 3 is 2.10 bits per heavy atom. The van der Waals surface area contributed by atoms with E-state index in [1.807, 2.05) is 0 Å². The quantitative estimate of drug-likeness (QED) is 0.582. The third-order valence-electron chi connectivity index (χ3n) is 1.68. The van der Waals surface area contributed by atoms with Crippen molar-refractivity contribution < 1.29 is 9.90 Å². The number of Topliss-reactive ketones (excluding diaryl/α,β-unsaturated/α-hetero) is 1.